The van der Waals surface area contributed by atoms with Crippen molar-refractivity contribution in [3.05, 3.63) is 35.9 Å². The number of azo groups is 1. The summed E-state index contributed by atoms with van der Waals surface area (Å²) < 4.78 is 11.1. The first-order chi connectivity index (χ1) is 12.6. The molecule has 0 bridgehead atoms. The summed E-state index contributed by atoms with van der Waals surface area (Å²) >= 11 is 0. The molecule has 0 saturated heterocycles. The van der Waals surface area contributed by atoms with E-state index >= 15 is 0 Å². The summed E-state index contributed by atoms with van der Waals surface area (Å²) in [4.78, 5) is 24.3. The molecule has 0 aromatic heterocycles. The lowest BCUT2D eigenvalue weighted by Gasteiger charge is -2.56. The van der Waals surface area contributed by atoms with E-state index in [1.807, 2.05) is 30.3 Å². The summed E-state index contributed by atoms with van der Waals surface area (Å²) in [6.45, 7) is 18.9. The number of nitrogens with zero attached hydrogens (tertiary/aromatic N) is 2. The third-order valence-corrected chi connectivity index (χ3v) is 11.6. The van der Waals surface area contributed by atoms with Crippen LogP contribution in [0, 0.1) is 0 Å². The normalized spacial score (nSPS) is 13.5. The summed E-state index contributed by atoms with van der Waals surface area (Å²) in [7, 11) is -2.76. The molecule has 1 aromatic carbocycles. The van der Waals surface area contributed by atoms with Crippen LogP contribution in [0.25, 0.3) is 0 Å². The van der Waals surface area contributed by atoms with E-state index in [9.17, 15) is 9.59 Å². The van der Waals surface area contributed by atoms with Crippen LogP contribution in [0.5, 0.6) is 0 Å². The first-order valence-corrected chi connectivity index (χ1v) is 11.4. The Bertz CT molecular complexity index is 675. The third-order valence-electron chi connectivity index (χ3n) is 4.83. The van der Waals surface area contributed by atoms with Crippen LogP contribution in [0.4, 0.5) is 9.59 Å². The lowest BCUT2D eigenvalue weighted by Crippen LogP contribution is -2.61. The first kappa shape index (κ1) is 24.0. The molecule has 0 aliphatic rings. The molecule has 0 heterocycles. The van der Waals surface area contributed by atoms with E-state index in [1.165, 1.54) is 0 Å². The molecule has 0 fully saturated rings. The lowest BCUT2D eigenvalue weighted by atomic mass is 10.2. The van der Waals surface area contributed by atoms with Crippen LogP contribution >= 0.6 is 0 Å². The zero-order chi connectivity index (χ0) is 21.8. The Labute approximate surface area is 169 Å². The topological polar surface area (TPSA) is 77.3 Å². The maximum Gasteiger partial charge on any atom is 0.452 e. The van der Waals surface area contributed by atoms with E-state index in [4.69, 9.17) is 9.16 Å². The van der Waals surface area contributed by atoms with Crippen molar-refractivity contribution in [2.45, 2.75) is 84.0 Å². The number of hydrogen-bond acceptors (Lipinski definition) is 4. The van der Waals surface area contributed by atoms with Gasteiger partial charge in [-0.25, -0.2) is 9.59 Å². The molecule has 28 heavy (non-hydrogen) atoms. The molecule has 7 heteroatoms. The number of carbonyl (C=O) groups is 2. The molecule has 0 atom stereocenters. The summed E-state index contributed by atoms with van der Waals surface area (Å²) in [5, 5.41) is 6.12. The molecule has 2 amide bonds. The average Bonchev–Trinajstić information content (AvgIpc) is 2.53. The molecule has 0 radical (unpaired) electrons. The Morgan fingerprint density at radius 1 is 0.786 bits per heavy atom. The Morgan fingerprint density at radius 3 is 1.64 bits per heavy atom. The van der Waals surface area contributed by atoms with Gasteiger partial charge in [-0.1, -0.05) is 103 Å². The molecule has 0 saturated carbocycles. The fourth-order valence-corrected chi connectivity index (χ4v) is 12.8. The zero-order valence-electron chi connectivity index (χ0n) is 18.6. The fourth-order valence-electron chi connectivity index (χ4n) is 4.82. The number of hydrogen-bond donors (Lipinski definition) is 0. The predicted molar refractivity (Wildman–Crippen MR) is 113 cm³/mol. The van der Waals surface area contributed by atoms with Crippen molar-refractivity contribution in [3.63, 3.8) is 0 Å². The van der Waals surface area contributed by atoms with Gasteiger partial charge in [0.15, 0.2) is 0 Å². The van der Waals surface area contributed by atoms with Gasteiger partial charge in [-0.15, -0.1) is 0 Å². The van der Waals surface area contributed by atoms with Gasteiger partial charge < -0.3 is 9.16 Å². The van der Waals surface area contributed by atoms with Gasteiger partial charge >= 0.3 is 12.2 Å². The van der Waals surface area contributed by atoms with E-state index in [1.54, 1.807) is 0 Å². The van der Waals surface area contributed by atoms with Crippen LogP contribution in [0.15, 0.2) is 40.6 Å². The van der Waals surface area contributed by atoms with Gasteiger partial charge in [0, 0.05) is 0 Å². The SMILES string of the molecule is CC(C)(C)[Si](OC(=O)N=NC(=O)OCc1ccccc1)(C(C)(C)C)C(C)(C)C. The number of benzene rings is 1. The minimum atomic E-state index is -2.76. The Hall–Kier alpha value is -2.02. The summed E-state index contributed by atoms with van der Waals surface area (Å²) in [5.74, 6) is 0. The quantitative estimate of drug-likeness (QED) is 0.391. The number of ether oxygens (including phenoxy) is 1. The van der Waals surface area contributed by atoms with Crippen LogP contribution in [-0.4, -0.2) is 20.5 Å². The molecule has 1 rings (SSSR count). The van der Waals surface area contributed by atoms with E-state index in [0.717, 1.165) is 5.56 Å². The standard InChI is InChI=1S/C21H34N2O4Si/c1-19(2,3)28(20(4,5)6,21(7,8)9)27-18(25)23-22-17(24)26-15-16-13-11-10-12-14-16/h10-14H,15H2,1-9H3. The van der Waals surface area contributed by atoms with Crippen LogP contribution in [0.1, 0.15) is 67.9 Å². The fraction of sp³-hybridized carbons (Fsp3) is 0.619. The van der Waals surface area contributed by atoms with Crippen molar-refractivity contribution in [2.75, 3.05) is 0 Å². The Kier molecular flexibility index (Phi) is 7.33. The van der Waals surface area contributed by atoms with Crippen LogP contribution < -0.4 is 0 Å². The molecule has 0 unspecified atom stereocenters. The maximum absolute atomic E-state index is 12.5. The van der Waals surface area contributed by atoms with E-state index in [2.05, 4.69) is 72.5 Å². The average molecular weight is 407 g/mol. The van der Waals surface area contributed by atoms with Gasteiger partial charge in [-0.3, -0.25) is 0 Å². The molecule has 0 aliphatic heterocycles. The van der Waals surface area contributed by atoms with Crippen LogP contribution in [-0.2, 0) is 15.8 Å². The Morgan fingerprint density at radius 2 is 1.21 bits per heavy atom. The highest BCUT2D eigenvalue weighted by molar-refractivity contribution is 6.83. The van der Waals surface area contributed by atoms with Crippen molar-refractivity contribution >= 4 is 20.5 Å². The van der Waals surface area contributed by atoms with Crippen LogP contribution in [0.2, 0.25) is 15.1 Å². The van der Waals surface area contributed by atoms with Crippen molar-refractivity contribution in [1.82, 2.24) is 0 Å². The van der Waals surface area contributed by atoms with Crippen molar-refractivity contribution in [1.29, 1.82) is 0 Å². The van der Waals surface area contributed by atoms with E-state index in [0.29, 0.717) is 0 Å². The second kappa shape index (κ2) is 8.55. The molecule has 6 nitrogen and oxygen atoms in total. The molecule has 0 aliphatic carbocycles. The highest BCUT2D eigenvalue weighted by atomic mass is 28.4. The van der Waals surface area contributed by atoms with Gasteiger partial charge in [-0.2, -0.15) is 0 Å². The monoisotopic (exact) mass is 406 g/mol. The van der Waals surface area contributed by atoms with Crippen molar-refractivity contribution < 1.29 is 18.8 Å². The number of amides is 2. The van der Waals surface area contributed by atoms with Crippen LogP contribution in [0.3, 0.4) is 0 Å². The summed E-state index contributed by atoms with van der Waals surface area (Å²) in [6, 6.07) is 9.22. The van der Waals surface area contributed by atoms with Gasteiger partial charge in [0.1, 0.15) is 6.61 Å². The van der Waals surface area contributed by atoms with E-state index in [-0.39, 0.29) is 21.7 Å². The lowest BCUT2D eigenvalue weighted by molar-refractivity contribution is 0.147. The first-order valence-electron chi connectivity index (χ1n) is 9.47. The van der Waals surface area contributed by atoms with Crippen molar-refractivity contribution in [2.24, 2.45) is 10.2 Å². The van der Waals surface area contributed by atoms with Gasteiger partial charge in [0.2, 0.25) is 0 Å². The largest absolute Gasteiger partial charge is 0.499 e. The molecule has 1 aromatic rings. The predicted octanol–water partition coefficient (Wildman–Crippen LogP) is 7.26. The minimum absolute atomic E-state index is 0.0679. The van der Waals surface area contributed by atoms with Gasteiger partial charge in [-0.05, 0) is 20.7 Å². The summed E-state index contributed by atoms with van der Waals surface area (Å²) in [6.07, 6.45) is -1.77. The van der Waals surface area contributed by atoms with Gasteiger partial charge in [0.25, 0.3) is 8.32 Å². The molecular weight excluding hydrogens is 372 g/mol. The van der Waals surface area contributed by atoms with Crippen molar-refractivity contribution in [3.8, 4) is 0 Å². The maximum atomic E-state index is 12.5. The molecule has 0 spiro atoms. The molecular formula is C21H34N2O4Si. The zero-order valence-corrected chi connectivity index (χ0v) is 19.6. The second-order valence-corrected chi connectivity index (χ2v) is 16.1. The minimum Gasteiger partial charge on any atom is -0.499 e. The number of rotatable bonds is 3. The highest BCUT2D eigenvalue weighted by Gasteiger charge is 2.64. The smallest absolute Gasteiger partial charge is 0.452 e. The van der Waals surface area contributed by atoms with Gasteiger partial charge in [0.05, 0.1) is 0 Å². The highest BCUT2D eigenvalue weighted by Crippen LogP contribution is 2.62. The summed E-state index contributed by atoms with van der Waals surface area (Å²) in [5.41, 5.74) is 0.827. The third kappa shape index (κ3) is 5.50. The Balaban J connectivity index is 2.94. The van der Waals surface area contributed by atoms with E-state index < -0.39 is 20.5 Å². The number of carbonyl (C=O) groups excluding carboxylic acids is 2. The molecule has 156 valence electrons. The second-order valence-electron chi connectivity index (χ2n) is 10.0. The molecule has 0 N–H and O–H groups in total.